The third kappa shape index (κ3) is 8.39. The van der Waals surface area contributed by atoms with E-state index in [1.54, 1.807) is 0 Å². The smallest absolute Gasteiger partial charge is 0.0713 e. The Morgan fingerprint density at radius 1 is 0.192 bits per heavy atom. The summed E-state index contributed by atoms with van der Waals surface area (Å²) in [5.41, 5.74) is 24.8. The molecule has 0 spiro atoms. The molecular weight excluding hydrogens is 939 g/mol. The molecule has 1 nitrogen and oxygen atoms in total. The van der Waals surface area contributed by atoms with Gasteiger partial charge >= 0.3 is 0 Å². The molecule has 0 saturated carbocycles. The molecule has 14 rings (SSSR count). The summed E-state index contributed by atoms with van der Waals surface area (Å²) in [4.78, 5) is 2.37. The van der Waals surface area contributed by atoms with E-state index in [1.165, 1.54) is 111 Å². The van der Waals surface area contributed by atoms with Gasteiger partial charge in [0.15, 0.2) is 0 Å². The fraction of sp³-hybridized carbons (Fsp3) is 0.0130. The van der Waals surface area contributed by atoms with E-state index >= 15 is 0 Å². The van der Waals surface area contributed by atoms with Gasteiger partial charge in [0, 0.05) is 17.1 Å². The molecule has 13 aromatic rings. The molecular formula is C77H53N. The monoisotopic (exact) mass is 991 g/mol. The van der Waals surface area contributed by atoms with Crippen molar-refractivity contribution >= 4 is 27.8 Å². The van der Waals surface area contributed by atoms with E-state index in [4.69, 9.17) is 0 Å². The van der Waals surface area contributed by atoms with Crippen LogP contribution in [0, 0.1) is 0 Å². The largest absolute Gasteiger partial charge is 0.311 e. The van der Waals surface area contributed by atoms with Crippen molar-refractivity contribution in [1.29, 1.82) is 0 Å². The van der Waals surface area contributed by atoms with Gasteiger partial charge < -0.3 is 4.90 Å². The lowest BCUT2D eigenvalue weighted by molar-refractivity contribution is 0.769. The van der Waals surface area contributed by atoms with E-state index < -0.39 is 5.41 Å². The third-order valence-electron chi connectivity index (χ3n) is 16.0. The molecule has 0 aliphatic heterocycles. The molecule has 0 heterocycles. The zero-order valence-corrected chi connectivity index (χ0v) is 43.0. The Bertz CT molecular complexity index is 4220. The van der Waals surface area contributed by atoms with Crippen LogP contribution < -0.4 is 4.90 Å². The highest BCUT2D eigenvalue weighted by atomic mass is 15.1. The Kier molecular flexibility index (Phi) is 11.8. The summed E-state index contributed by atoms with van der Waals surface area (Å²) < 4.78 is 0. The molecule has 0 saturated heterocycles. The maximum atomic E-state index is 2.45. The highest BCUT2D eigenvalue weighted by Gasteiger charge is 2.46. The maximum absolute atomic E-state index is 2.45. The lowest BCUT2D eigenvalue weighted by Crippen LogP contribution is -2.28. The van der Waals surface area contributed by atoms with Crippen molar-refractivity contribution in [3.8, 4) is 77.9 Å². The minimum Gasteiger partial charge on any atom is -0.311 e. The zero-order chi connectivity index (χ0) is 51.8. The first-order valence-corrected chi connectivity index (χ1v) is 27.0. The highest BCUT2D eigenvalue weighted by Crippen LogP contribution is 2.57. The first-order valence-electron chi connectivity index (χ1n) is 27.0. The van der Waals surface area contributed by atoms with Gasteiger partial charge in [-0.15, -0.1) is 0 Å². The first kappa shape index (κ1) is 46.5. The summed E-state index contributed by atoms with van der Waals surface area (Å²) in [5, 5.41) is 2.51. The third-order valence-corrected chi connectivity index (χ3v) is 16.0. The molecule has 13 aromatic carbocycles. The number of anilines is 3. The molecule has 0 fully saturated rings. The van der Waals surface area contributed by atoms with Gasteiger partial charge in [0.1, 0.15) is 0 Å². The second kappa shape index (κ2) is 19.9. The second-order valence-corrected chi connectivity index (χ2v) is 20.4. The van der Waals surface area contributed by atoms with Crippen LogP contribution >= 0.6 is 0 Å². The van der Waals surface area contributed by atoms with Gasteiger partial charge in [-0.3, -0.25) is 0 Å². The lowest BCUT2D eigenvalue weighted by Gasteiger charge is -2.34. The number of hydrogen-bond acceptors (Lipinski definition) is 1. The van der Waals surface area contributed by atoms with Gasteiger partial charge in [-0.05, 0) is 172 Å². The van der Waals surface area contributed by atoms with E-state index in [2.05, 4.69) is 326 Å². The zero-order valence-electron chi connectivity index (χ0n) is 43.0. The standard InChI is InChI=1S/C77H53N/c1-4-16-54(17-5-1)62-20-14-21-63(50-62)59-38-45-71(46-39-59)78(70-43-36-57(37-44-70)56-30-32-58(33-31-56)64-22-15-23-65(51-64)66-35-34-55-18-10-11-19-61(55)52-66)72-47-40-60(41-48-72)67-42-49-74-73-28-12-13-29-75(73)77(76(74)53-67,68-24-6-2-7-25-68)69-26-8-3-9-27-69/h1-53H. The number of nitrogens with zero attached hydrogens (tertiary/aromatic N) is 1. The van der Waals surface area contributed by atoms with Crippen LogP contribution in [0.5, 0.6) is 0 Å². The average Bonchev–Trinajstić information content (AvgIpc) is 3.92. The van der Waals surface area contributed by atoms with Crippen LogP contribution in [0.15, 0.2) is 322 Å². The Hall–Kier alpha value is -10.1. The Balaban J connectivity index is 0.803. The van der Waals surface area contributed by atoms with E-state index in [9.17, 15) is 0 Å². The van der Waals surface area contributed by atoms with Crippen molar-refractivity contribution in [3.63, 3.8) is 0 Å². The van der Waals surface area contributed by atoms with Crippen molar-refractivity contribution in [2.75, 3.05) is 4.90 Å². The van der Waals surface area contributed by atoms with Gasteiger partial charge in [-0.2, -0.15) is 0 Å². The topological polar surface area (TPSA) is 3.24 Å². The number of rotatable bonds is 11. The molecule has 0 amide bonds. The number of benzene rings is 13. The number of hydrogen-bond donors (Lipinski definition) is 0. The lowest BCUT2D eigenvalue weighted by atomic mass is 9.67. The predicted octanol–water partition coefficient (Wildman–Crippen LogP) is 20.7. The van der Waals surface area contributed by atoms with E-state index in [0.29, 0.717) is 0 Å². The van der Waals surface area contributed by atoms with Crippen molar-refractivity contribution in [2.24, 2.45) is 0 Å². The highest BCUT2D eigenvalue weighted by molar-refractivity contribution is 5.90. The molecule has 0 bridgehead atoms. The Morgan fingerprint density at radius 2 is 0.526 bits per heavy atom. The van der Waals surface area contributed by atoms with Crippen LogP contribution in [0.25, 0.3) is 88.7 Å². The van der Waals surface area contributed by atoms with Crippen LogP contribution in [-0.2, 0) is 5.41 Å². The second-order valence-electron chi connectivity index (χ2n) is 20.4. The van der Waals surface area contributed by atoms with E-state index in [-0.39, 0.29) is 0 Å². The van der Waals surface area contributed by atoms with Crippen LogP contribution in [0.3, 0.4) is 0 Å². The molecule has 1 heteroatoms. The summed E-state index contributed by atoms with van der Waals surface area (Å²) in [6.07, 6.45) is 0. The molecule has 366 valence electrons. The summed E-state index contributed by atoms with van der Waals surface area (Å²) in [5.74, 6) is 0. The van der Waals surface area contributed by atoms with Crippen molar-refractivity contribution in [3.05, 3.63) is 344 Å². The summed E-state index contributed by atoms with van der Waals surface area (Å²) >= 11 is 0. The Labute approximate surface area is 457 Å². The number of fused-ring (bicyclic) bond motifs is 4. The molecule has 0 atom stereocenters. The minimum absolute atomic E-state index is 0.463. The molecule has 78 heavy (non-hydrogen) atoms. The van der Waals surface area contributed by atoms with Crippen molar-refractivity contribution in [1.82, 2.24) is 0 Å². The van der Waals surface area contributed by atoms with E-state index in [1.807, 2.05) is 0 Å². The SMILES string of the molecule is c1ccc(-c2cccc(-c3ccc(N(c4ccc(-c5ccc(-c6cccc(-c7ccc8ccccc8c7)c6)cc5)cc4)c4ccc(-c5ccc6c(c5)C(c5ccccc5)(c5ccccc5)c5ccccc5-6)cc4)cc3)c2)cc1. The molecule has 0 radical (unpaired) electrons. The summed E-state index contributed by atoms with van der Waals surface area (Å²) in [6.45, 7) is 0. The maximum Gasteiger partial charge on any atom is 0.0713 e. The average molecular weight is 992 g/mol. The van der Waals surface area contributed by atoms with Gasteiger partial charge in [-0.1, -0.05) is 261 Å². The molecule has 0 aromatic heterocycles. The normalized spacial score (nSPS) is 12.2. The summed E-state index contributed by atoms with van der Waals surface area (Å²) in [7, 11) is 0. The minimum atomic E-state index is -0.463. The van der Waals surface area contributed by atoms with Crippen LogP contribution in [0.2, 0.25) is 0 Å². The van der Waals surface area contributed by atoms with Crippen LogP contribution in [0.1, 0.15) is 22.3 Å². The molecule has 1 aliphatic carbocycles. The predicted molar refractivity (Wildman–Crippen MR) is 329 cm³/mol. The van der Waals surface area contributed by atoms with Crippen LogP contribution in [-0.4, -0.2) is 0 Å². The Morgan fingerprint density at radius 3 is 1.05 bits per heavy atom. The van der Waals surface area contributed by atoms with Gasteiger partial charge in [-0.25, -0.2) is 0 Å². The van der Waals surface area contributed by atoms with Gasteiger partial charge in [0.2, 0.25) is 0 Å². The molecule has 0 unspecified atom stereocenters. The van der Waals surface area contributed by atoms with Crippen LogP contribution in [0.4, 0.5) is 17.1 Å². The van der Waals surface area contributed by atoms with Crippen molar-refractivity contribution < 1.29 is 0 Å². The van der Waals surface area contributed by atoms with Crippen molar-refractivity contribution in [2.45, 2.75) is 5.41 Å². The van der Waals surface area contributed by atoms with E-state index in [0.717, 1.165) is 17.1 Å². The molecule has 1 aliphatic rings. The first-order chi connectivity index (χ1) is 38.6. The fourth-order valence-corrected chi connectivity index (χ4v) is 12.1. The fourth-order valence-electron chi connectivity index (χ4n) is 12.1. The summed E-state index contributed by atoms with van der Waals surface area (Å²) in [6, 6.07) is 118. The quantitative estimate of drug-likeness (QED) is 0.125. The van der Waals surface area contributed by atoms with Gasteiger partial charge in [0.25, 0.3) is 0 Å². The molecule has 0 N–H and O–H groups in total. The van der Waals surface area contributed by atoms with Gasteiger partial charge in [0.05, 0.1) is 5.41 Å².